The van der Waals surface area contributed by atoms with Crippen LogP contribution in [0.25, 0.3) is 0 Å². The van der Waals surface area contributed by atoms with Crippen LogP contribution in [0.4, 0.5) is 0 Å². The molecule has 0 saturated heterocycles. The summed E-state index contributed by atoms with van der Waals surface area (Å²) in [6.07, 6.45) is 2.87. The van der Waals surface area contributed by atoms with Crippen molar-refractivity contribution in [1.29, 1.82) is 0 Å². The standard InChI is InChI=1S/C14H18N2O3/c15-13(18)9-4-6-10(7-5-9)14(19)16-12-3-1-2-11(12)8-17/h4-7,11-12,17H,1-3,8H2,(H2,15,18)(H,16,19). The second-order valence-corrected chi connectivity index (χ2v) is 4.90. The van der Waals surface area contributed by atoms with E-state index in [0.717, 1.165) is 19.3 Å². The lowest BCUT2D eigenvalue weighted by Gasteiger charge is -2.19. The van der Waals surface area contributed by atoms with Gasteiger partial charge < -0.3 is 16.2 Å². The number of primary amides is 1. The number of carbonyl (C=O) groups is 2. The summed E-state index contributed by atoms with van der Waals surface area (Å²) in [4.78, 5) is 23.0. The van der Waals surface area contributed by atoms with Gasteiger partial charge in [-0.25, -0.2) is 0 Å². The molecule has 4 N–H and O–H groups in total. The lowest BCUT2D eigenvalue weighted by atomic mass is 10.0. The van der Waals surface area contributed by atoms with Gasteiger partial charge in [0.15, 0.2) is 0 Å². The van der Waals surface area contributed by atoms with Crippen molar-refractivity contribution in [3.05, 3.63) is 35.4 Å². The number of nitrogens with two attached hydrogens (primary N) is 1. The van der Waals surface area contributed by atoms with Crippen molar-refractivity contribution in [3.8, 4) is 0 Å². The first kappa shape index (κ1) is 13.5. The van der Waals surface area contributed by atoms with Crippen LogP contribution in [0, 0.1) is 5.92 Å². The molecule has 2 unspecified atom stereocenters. The summed E-state index contributed by atoms with van der Waals surface area (Å²) < 4.78 is 0. The SMILES string of the molecule is NC(=O)c1ccc(C(=O)NC2CCCC2CO)cc1. The highest BCUT2D eigenvalue weighted by atomic mass is 16.3. The van der Waals surface area contributed by atoms with E-state index >= 15 is 0 Å². The summed E-state index contributed by atoms with van der Waals surface area (Å²) in [5.41, 5.74) is 6.02. The summed E-state index contributed by atoms with van der Waals surface area (Å²) in [5, 5.41) is 12.1. The second kappa shape index (κ2) is 5.84. The molecule has 0 bridgehead atoms. The Balaban J connectivity index is 2.01. The van der Waals surface area contributed by atoms with Gasteiger partial charge in [-0.05, 0) is 37.1 Å². The smallest absolute Gasteiger partial charge is 0.251 e. The predicted molar refractivity (Wildman–Crippen MR) is 70.6 cm³/mol. The van der Waals surface area contributed by atoms with Crippen LogP contribution in [0.3, 0.4) is 0 Å². The van der Waals surface area contributed by atoms with Gasteiger partial charge >= 0.3 is 0 Å². The fraction of sp³-hybridized carbons (Fsp3) is 0.429. The topological polar surface area (TPSA) is 92.4 Å². The Bertz CT molecular complexity index is 470. The van der Waals surface area contributed by atoms with Gasteiger partial charge in [0.1, 0.15) is 0 Å². The molecule has 1 saturated carbocycles. The maximum Gasteiger partial charge on any atom is 0.251 e. The molecule has 1 aromatic rings. The fourth-order valence-corrected chi connectivity index (χ4v) is 2.48. The summed E-state index contributed by atoms with van der Waals surface area (Å²) >= 11 is 0. The van der Waals surface area contributed by atoms with Crippen LogP contribution >= 0.6 is 0 Å². The minimum Gasteiger partial charge on any atom is -0.396 e. The largest absolute Gasteiger partial charge is 0.396 e. The van der Waals surface area contributed by atoms with E-state index in [0.29, 0.717) is 11.1 Å². The molecule has 1 fully saturated rings. The Morgan fingerprint density at radius 1 is 1.21 bits per heavy atom. The van der Waals surface area contributed by atoms with Gasteiger partial charge in [0, 0.05) is 29.7 Å². The molecule has 0 heterocycles. The molecule has 5 nitrogen and oxygen atoms in total. The zero-order valence-corrected chi connectivity index (χ0v) is 10.6. The maximum absolute atomic E-state index is 12.0. The summed E-state index contributed by atoms with van der Waals surface area (Å²) in [7, 11) is 0. The molecule has 2 rings (SSSR count). The molecule has 2 atom stereocenters. The number of benzene rings is 1. The quantitative estimate of drug-likeness (QED) is 0.745. The second-order valence-electron chi connectivity index (χ2n) is 4.90. The molecule has 0 aromatic heterocycles. The molecule has 2 amide bonds. The van der Waals surface area contributed by atoms with E-state index in [2.05, 4.69) is 5.32 Å². The van der Waals surface area contributed by atoms with Gasteiger partial charge in [-0.3, -0.25) is 9.59 Å². The molecule has 0 radical (unpaired) electrons. The van der Waals surface area contributed by atoms with Gasteiger partial charge in [0.2, 0.25) is 5.91 Å². The van der Waals surface area contributed by atoms with E-state index in [-0.39, 0.29) is 24.5 Å². The Labute approximate surface area is 111 Å². The van der Waals surface area contributed by atoms with Crippen LogP contribution in [-0.4, -0.2) is 29.6 Å². The number of aliphatic hydroxyl groups is 1. The summed E-state index contributed by atoms with van der Waals surface area (Å²) in [6, 6.07) is 6.27. The third kappa shape index (κ3) is 3.12. The zero-order valence-electron chi connectivity index (χ0n) is 10.6. The average molecular weight is 262 g/mol. The van der Waals surface area contributed by atoms with Gasteiger partial charge in [0.25, 0.3) is 5.91 Å². The van der Waals surface area contributed by atoms with Gasteiger partial charge in [-0.1, -0.05) is 6.42 Å². The van der Waals surface area contributed by atoms with E-state index in [9.17, 15) is 14.7 Å². The number of aliphatic hydroxyl groups excluding tert-OH is 1. The Kier molecular flexibility index (Phi) is 4.16. The summed E-state index contributed by atoms with van der Waals surface area (Å²) in [6.45, 7) is 0.103. The Hall–Kier alpha value is -1.88. The van der Waals surface area contributed by atoms with Crippen LogP contribution in [0.5, 0.6) is 0 Å². The first-order valence-electron chi connectivity index (χ1n) is 6.43. The number of nitrogens with one attached hydrogen (secondary N) is 1. The molecule has 1 aliphatic carbocycles. The predicted octanol–water partition coefficient (Wildman–Crippen LogP) is 0.676. The lowest BCUT2D eigenvalue weighted by Crippen LogP contribution is -2.38. The first-order valence-corrected chi connectivity index (χ1v) is 6.43. The highest BCUT2D eigenvalue weighted by Crippen LogP contribution is 2.25. The first-order chi connectivity index (χ1) is 9.11. The van der Waals surface area contributed by atoms with E-state index < -0.39 is 5.91 Å². The fourth-order valence-electron chi connectivity index (χ4n) is 2.48. The molecule has 5 heteroatoms. The third-order valence-electron chi connectivity index (χ3n) is 3.64. The maximum atomic E-state index is 12.0. The normalized spacial score (nSPS) is 22.2. The van der Waals surface area contributed by atoms with E-state index in [1.807, 2.05) is 0 Å². The van der Waals surface area contributed by atoms with Crippen LogP contribution in [0.1, 0.15) is 40.0 Å². The Morgan fingerprint density at radius 3 is 2.42 bits per heavy atom. The van der Waals surface area contributed by atoms with Crippen molar-refractivity contribution in [2.75, 3.05) is 6.61 Å². The molecule has 1 aromatic carbocycles. The van der Waals surface area contributed by atoms with E-state index in [4.69, 9.17) is 5.73 Å². The van der Waals surface area contributed by atoms with Gasteiger partial charge in [-0.15, -0.1) is 0 Å². The number of rotatable bonds is 4. The number of hydrogen-bond donors (Lipinski definition) is 3. The highest BCUT2D eigenvalue weighted by molar-refractivity contribution is 5.97. The molecule has 0 spiro atoms. The van der Waals surface area contributed by atoms with E-state index in [1.54, 1.807) is 12.1 Å². The number of amides is 2. The number of carbonyl (C=O) groups excluding carboxylic acids is 2. The van der Waals surface area contributed by atoms with Crippen molar-refractivity contribution in [3.63, 3.8) is 0 Å². The highest BCUT2D eigenvalue weighted by Gasteiger charge is 2.28. The molecular formula is C14H18N2O3. The number of hydrogen-bond acceptors (Lipinski definition) is 3. The Morgan fingerprint density at radius 2 is 1.84 bits per heavy atom. The average Bonchev–Trinajstić information content (AvgIpc) is 2.86. The molecule has 0 aliphatic heterocycles. The van der Waals surface area contributed by atoms with Crippen LogP contribution in [0.15, 0.2) is 24.3 Å². The minimum atomic E-state index is -0.511. The van der Waals surface area contributed by atoms with E-state index in [1.165, 1.54) is 12.1 Å². The third-order valence-corrected chi connectivity index (χ3v) is 3.64. The van der Waals surface area contributed by atoms with Gasteiger partial charge in [-0.2, -0.15) is 0 Å². The molecule has 102 valence electrons. The molecule has 19 heavy (non-hydrogen) atoms. The van der Waals surface area contributed by atoms with Crippen LogP contribution in [0.2, 0.25) is 0 Å². The van der Waals surface area contributed by atoms with Crippen molar-refractivity contribution < 1.29 is 14.7 Å². The summed E-state index contributed by atoms with van der Waals surface area (Å²) in [5.74, 6) is -0.543. The monoisotopic (exact) mass is 262 g/mol. The van der Waals surface area contributed by atoms with Crippen molar-refractivity contribution in [1.82, 2.24) is 5.32 Å². The lowest BCUT2D eigenvalue weighted by molar-refractivity contribution is 0.0914. The van der Waals surface area contributed by atoms with Crippen molar-refractivity contribution >= 4 is 11.8 Å². The van der Waals surface area contributed by atoms with Crippen molar-refractivity contribution in [2.24, 2.45) is 11.7 Å². The van der Waals surface area contributed by atoms with Crippen molar-refractivity contribution in [2.45, 2.75) is 25.3 Å². The van der Waals surface area contributed by atoms with Crippen LogP contribution in [-0.2, 0) is 0 Å². The zero-order chi connectivity index (χ0) is 13.8. The molecular weight excluding hydrogens is 244 g/mol. The minimum absolute atomic E-state index is 0.0355. The van der Waals surface area contributed by atoms with Crippen LogP contribution < -0.4 is 11.1 Å². The molecule has 1 aliphatic rings. The van der Waals surface area contributed by atoms with Gasteiger partial charge in [0.05, 0.1) is 0 Å².